The first-order valence-corrected chi connectivity index (χ1v) is 9.41. The van der Waals surface area contributed by atoms with E-state index in [1.807, 2.05) is 38.1 Å². The van der Waals surface area contributed by atoms with E-state index in [0.29, 0.717) is 12.2 Å². The third-order valence-corrected chi connectivity index (χ3v) is 5.00. The third kappa shape index (κ3) is 4.76. The Morgan fingerprint density at radius 3 is 2.65 bits per heavy atom. The highest BCUT2D eigenvalue weighted by Gasteiger charge is 2.47. The second kappa shape index (κ2) is 8.54. The number of hydrogen-bond acceptors (Lipinski definition) is 3. The number of unbranched alkanes of at least 4 members (excludes halogenated alkanes) is 4. The number of carboxylic acid groups (broad SMARTS) is 1. The number of aliphatic hydroxyl groups is 1. The maximum Gasteiger partial charge on any atom is 0.335 e. The highest BCUT2D eigenvalue weighted by Crippen LogP contribution is 2.44. The summed E-state index contributed by atoms with van der Waals surface area (Å²) in [5.41, 5.74) is 0.649. The molecular formula is C22H30O4. The first-order valence-electron chi connectivity index (χ1n) is 9.41. The average Bonchev–Trinajstić information content (AvgIpc) is 2.57. The highest BCUT2D eigenvalue weighted by molar-refractivity contribution is 5.89. The van der Waals surface area contributed by atoms with Crippen molar-refractivity contribution in [1.29, 1.82) is 0 Å². The van der Waals surface area contributed by atoms with Crippen molar-refractivity contribution in [1.82, 2.24) is 0 Å². The van der Waals surface area contributed by atoms with Crippen molar-refractivity contribution in [2.45, 2.75) is 65.1 Å². The monoisotopic (exact) mass is 358 g/mol. The van der Waals surface area contributed by atoms with Crippen molar-refractivity contribution in [3.8, 4) is 5.75 Å². The summed E-state index contributed by atoms with van der Waals surface area (Å²) in [6.07, 6.45) is 10.4. The van der Waals surface area contributed by atoms with Gasteiger partial charge in [-0.15, -0.1) is 0 Å². The molecule has 0 radical (unpaired) electrons. The standard InChI is InChI=1S/C22H30O4/c1-4-5-6-7-8-11-17(20(23)24)14-15-22(25)21(2,3)16-18-12-9-10-13-19(18)26-22/h9-15,25H,4-8,16H2,1-3H3,(H,23,24). The van der Waals surface area contributed by atoms with Crippen molar-refractivity contribution in [2.75, 3.05) is 0 Å². The van der Waals surface area contributed by atoms with Gasteiger partial charge in [0.05, 0.1) is 5.57 Å². The number of benzene rings is 1. The van der Waals surface area contributed by atoms with Crippen molar-refractivity contribution in [3.05, 3.63) is 53.6 Å². The Bertz CT molecular complexity index is 687. The zero-order valence-corrected chi connectivity index (χ0v) is 16.0. The summed E-state index contributed by atoms with van der Waals surface area (Å²) in [6, 6.07) is 7.62. The Hall–Kier alpha value is -2.07. The van der Waals surface area contributed by atoms with Crippen LogP contribution in [0.25, 0.3) is 0 Å². The Morgan fingerprint density at radius 2 is 1.96 bits per heavy atom. The van der Waals surface area contributed by atoms with E-state index < -0.39 is 17.2 Å². The molecule has 2 N–H and O–H groups in total. The molecule has 0 fully saturated rings. The lowest BCUT2D eigenvalue weighted by Gasteiger charge is -2.44. The van der Waals surface area contributed by atoms with Gasteiger partial charge >= 0.3 is 5.97 Å². The molecule has 0 saturated heterocycles. The number of hydrogen-bond donors (Lipinski definition) is 2. The van der Waals surface area contributed by atoms with E-state index in [0.717, 1.165) is 37.7 Å². The number of fused-ring (bicyclic) bond motifs is 1. The van der Waals surface area contributed by atoms with Crippen LogP contribution in [0.1, 0.15) is 58.4 Å². The Labute approximate surface area is 156 Å². The molecule has 1 aliphatic rings. The smallest absolute Gasteiger partial charge is 0.335 e. The van der Waals surface area contributed by atoms with Crippen LogP contribution >= 0.6 is 0 Å². The molecule has 0 saturated carbocycles. The van der Waals surface area contributed by atoms with Crippen LogP contribution in [0.5, 0.6) is 5.75 Å². The summed E-state index contributed by atoms with van der Waals surface area (Å²) in [4.78, 5) is 11.5. The van der Waals surface area contributed by atoms with E-state index in [1.54, 1.807) is 6.08 Å². The van der Waals surface area contributed by atoms with Crippen LogP contribution < -0.4 is 4.74 Å². The zero-order valence-electron chi connectivity index (χ0n) is 16.0. The number of aliphatic carboxylic acids is 1. The number of para-hydroxylation sites is 1. The topological polar surface area (TPSA) is 66.8 Å². The largest absolute Gasteiger partial charge is 0.478 e. The number of carboxylic acids is 1. The fourth-order valence-electron chi connectivity index (χ4n) is 3.18. The molecule has 0 aliphatic carbocycles. The van der Waals surface area contributed by atoms with E-state index in [1.165, 1.54) is 12.2 Å². The molecule has 1 aromatic carbocycles. The minimum Gasteiger partial charge on any atom is -0.478 e. The van der Waals surface area contributed by atoms with Gasteiger partial charge in [0.1, 0.15) is 5.75 Å². The van der Waals surface area contributed by atoms with Crippen LogP contribution in [0, 0.1) is 5.41 Å². The molecule has 0 bridgehead atoms. The van der Waals surface area contributed by atoms with Crippen LogP contribution in [0.4, 0.5) is 0 Å². The SMILES string of the molecule is CCCCCCC=C(C=CC1(O)Oc2ccccc2CC1(C)C)C(=O)O. The Kier molecular flexibility index (Phi) is 6.65. The van der Waals surface area contributed by atoms with Gasteiger partial charge in [0, 0.05) is 5.41 Å². The number of allylic oxidation sites excluding steroid dienone is 1. The van der Waals surface area contributed by atoms with Gasteiger partial charge in [-0.3, -0.25) is 0 Å². The lowest BCUT2D eigenvalue weighted by Crippen LogP contribution is -2.52. The Balaban J connectivity index is 2.17. The molecule has 1 unspecified atom stereocenters. The molecule has 0 spiro atoms. The summed E-state index contributed by atoms with van der Waals surface area (Å²) in [6.45, 7) is 5.98. The van der Waals surface area contributed by atoms with Gasteiger partial charge in [-0.2, -0.15) is 0 Å². The van der Waals surface area contributed by atoms with Crippen LogP contribution in [0.2, 0.25) is 0 Å². The predicted molar refractivity (Wildman–Crippen MR) is 103 cm³/mol. The van der Waals surface area contributed by atoms with Gasteiger partial charge in [-0.05, 0) is 43.0 Å². The highest BCUT2D eigenvalue weighted by atomic mass is 16.6. The molecule has 1 atom stereocenters. The summed E-state index contributed by atoms with van der Waals surface area (Å²) >= 11 is 0. The van der Waals surface area contributed by atoms with E-state index in [2.05, 4.69) is 6.92 Å². The molecule has 2 rings (SSSR count). The summed E-state index contributed by atoms with van der Waals surface area (Å²) in [7, 11) is 0. The summed E-state index contributed by atoms with van der Waals surface area (Å²) in [5, 5.41) is 20.5. The predicted octanol–water partition coefficient (Wildman–Crippen LogP) is 4.87. The van der Waals surface area contributed by atoms with E-state index in [9.17, 15) is 15.0 Å². The fraction of sp³-hybridized carbons (Fsp3) is 0.500. The maximum atomic E-state index is 11.5. The van der Waals surface area contributed by atoms with Crippen molar-refractivity contribution in [2.24, 2.45) is 5.41 Å². The Morgan fingerprint density at radius 1 is 1.23 bits per heavy atom. The molecule has 0 aromatic heterocycles. The lowest BCUT2D eigenvalue weighted by molar-refractivity contribution is -0.183. The summed E-state index contributed by atoms with van der Waals surface area (Å²) in [5.74, 6) is -1.91. The summed E-state index contributed by atoms with van der Waals surface area (Å²) < 4.78 is 5.87. The third-order valence-electron chi connectivity index (χ3n) is 5.00. The minimum atomic E-state index is -1.56. The lowest BCUT2D eigenvalue weighted by atomic mass is 9.75. The van der Waals surface area contributed by atoms with Crippen LogP contribution in [-0.4, -0.2) is 22.0 Å². The van der Waals surface area contributed by atoms with Gasteiger partial charge < -0.3 is 14.9 Å². The second-order valence-electron chi connectivity index (χ2n) is 7.61. The molecular weight excluding hydrogens is 328 g/mol. The van der Waals surface area contributed by atoms with Crippen molar-refractivity contribution in [3.63, 3.8) is 0 Å². The number of ether oxygens (including phenoxy) is 1. The molecule has 4 nitrogen and oxygen atoms in total. The quantitative estimate of drug-likeness (QED) is 0.395. The van der Waals surface area contributed by atoms with Crippen LogP contribution in [-0.2, 0) is 11.2 Å². The van der Waals surface area contributed by atoms with Crippen LogP contribution in [0.3, 0.4) is 0 Å². The molecule has 1 aliphatic heterocycles. The first-order chi connectivity index (χ1) is 12.3. The van der Waals surface area contributed by atoms with Crippen LogP contribution in [0.15, 0.2) is 48.1 Å². The molecule has 26 heavy (non-hydrogen) atoms. The zero-order chi connectivity index (χ0) is 19.2. The van der Waals surface area contributed by atoms with Gasteiger partial charge in [0.15, 0.2) is 0 Å². The normalized spacial score (nSPS) is 22.1. The van der Waals surface area contributed by atoms with E-state index in [4.69, 9.17) is 4.74 Å². The maximum absolute atomic E-state index is 11.5. The minimum absolute atomic E-state index is 0.188. The van der Waals surface area contributed by atoms with Gasteiger partial charge in [-0.25, -0.2) is 4.79 Å². The molecule has 142 valence electrons. The molecule has 0 amide bonds. The number of carbonyl (C=O) groups is 1. The molecule has 4 heteroatoms. The van der Waals surface area contributed by atoms with E-state index >= 15 is 0 Å². The van der Waals surface area contributed by atoms with E-state index in [-0.39, 0.29) is 5.57 Å². The fourth-order valence-corrected chi connectivity index (χ4v) is 3.18. The van der Waals surface area contributed by atoms with Crippen molar-refractivity contribution >= 4 is 5.97 Å². The van der Waals surface area contributed by atoms with Gasteiger partial charge in [0.25, 0.3) is 0 Å². The van der Waals surface area contributed by atoms with Gasteiger partial charge in [0.2, 0.25) is 5.79 Å². The average molecular weight is 358 g/mol. The van der Waals surface area contributed by atoms with Gasteiger partial charge in [-0.1, -0.05) is 64.3 Å². The first kappa shape index (κ1) is 20.2. The molecule has 1 heterocycles. The van der Waals surface area contributed by atoms with Crippen molar-refractivity contribution < 1.29 is 19.7 Å². The molecule has 1 aromatic rings. The number of rotatable bonds is 8. The second-order valence-corrected chi connectivity index (χ2v) is 7.61.